The van der Waals surface area contributed by atoms with E-state index >= 15 is 0 Å². The van der Waals surface area contributed by atoms with Gasteiger partial charge in [-0.05, 0) is 61.7 Å². The first-order chi connectivity index (χ1) is 14.3. The first-order valence-electron chi connectivity index (χ1n) is 9.78. The first-order valence-corrected chi connectivity index (χ1v) is 11.2. The number of sulfonamides is 1. The summed E-state index contributed by atoms with van der Waals surface area (Å²) in [6, 6.07) is 22.9. The van der Waals surface area contributed by atoms with Crippen LogP contribution in [0.15, 0.2) is 83.8 Å². The Kier molecular flexibility index (Phi) is 6.57. The summed E-state index contributed by atoms with van der Waals surface area (Å²) in [5.74, 6) is -0.371. The monoisotopic (exact) mass is 422 g/mol. The predicted molar refractivity (Wildman–Crippen MR) is 120 cm³/mol. The van der Waals surface area contributed by atoms with Crippen molar-refractivity contribution in [3.05, 3.63) is 95.6 Å². The van der Waals surface area contributed by atoms with Crippen LogP contribution in [0.1, 0.15) is 29.7 Å². The van der Waals surface area contributed by atoms with Gasteiger partial charge in [0, 0.05) is 0 Å². The lowest BCUT2D eigenvalue weighted by molar-refractivity contribution is -0.120. The fourth-order valence-electron chi connectivity index (χ4n) is 3.16. The smallest absolute Gasteiger partial charge is 0.264 e. The Balaban J connectivity index is 1.91. The largest absolute Gasteiger partial charge is 0.348 e. The normalized spacial score (nSPS) is 12.2. The number of amides is 1. The second kappa shape index (κ2) is 9.13. The molecule has 0 spiro atoms. The second-order valence-corrected chi connectivity index (χ2v) is 9.16. The molecule has 0 radical (unpaired) electrons. The maximum absolute atomic E-state index is 13.4. The van der Waals surface area contributed by atoms with Crippen molar-refractivity contribution in [2.75, 3.05) is 10.8 Å². The minimum atomic E-state index is -3.91. The Labute approximate surface area is 178 Å². The molecular weight excluding hydrogens is 396 g/mol. The molecule has 30 heavy (non-hydrogen) atoms. The molecule has 0 saturated carbocycles. The Morgan fingerprint density at radius 2 is 1.50 bits per heavy atom. The van der Waals surface area contributed by atoms with Crippen LogP contribution in [-0.4, -0.2) is 20.9 Å². The van der Waals surface area contributed by atoms with Crippen LogP contribution < -0.4 is 9.62 Å². The molecule has 0 aromatic heterocycles. The molecule has 1 atom stereocenters. The van der Waals surface area contributed by atoms with Gasteiger partial charge in [-0.2, -0.15) is 0 Å². The predicted octanol–water partition coefficient (Wildman–Crippen LogP) is 4.38. The highest BCUT2D eigenvalue weighted by molar-refractivity contribution is 7.92. The Morgan fingerprint density at radius 1 is 0.900 bits per heavy atom. The summed E-state index contributed by atoms with van der Waals surface area (Å²) in [5.41, 5.74) is 3.43. The van der Waals surface area contributed by atoms with Crippen LogP contribution in [0, 0.1) is 13.8 Å². The molecule has 3 aromatic rings. The summed E-state index contributed by atoms with van der Waals surface area (Å²) in [6.07, 6.45) is 0. The van der Waals surface area contributed by atoms with Crippen LogP contribution in [0.4, 0.5) is 5.69 Å². The van der Waals surface area contributed by atoms with Crippen molar-refractivity contribution in [2.45, 2.75) is 31.7 Å². The molecule has 156 valence electrons. The molecule has 6 heteroatoms. The van der Waals surface area contributed by atoms with Gasteiger partial charge in [0.15, 0.2) is 0 Å². The summed E-state index contributed by atoms with van der Waals surface area (Å²) in [7, 11) is -3.91. The van der Waals surface area contributed by atoms with E-state index < -0.39 is 10.0 Å². The SMILES string of the molecule is Cc1ccc(N(CC(=O)N[C@@H](C)c2ccccc2)S(=O)(=O)c2ccccc2)cc1C. The van der Waals surface area contributed by atoms with E-state index in [1.54, 1.807) is 30.3 Å². The van der Waals surface area contributed by atoms with Crippen LogP contribution in [-0.2, 0) is 14.8 Å². The van der Waals surface area contributed by atoms with E-state index in [4.69, 9.17) is 0 Å². The summed E-state index contributed by atoms with van der Waals surface area (Å²) < 4.78 is 27.9. The van der Waals surface area contributed by atoms with Crippen molar-refractivity contribution in [2.24, 2.45) is 0 Å². The zero-order valence-electron chi connectivity index (χ0n) is 17.4. The lowest BCUT2D eigenvalue weighted by Gasteiger charge is -2.25. The molecule has 1 N–H and O–H groups in total. The van der Waals surface area contributed by atoms with E-state index in [0.717, 1.165) is 16.7 Å². The number of aryl methyl sites for hydroxylation is 2. The number of nitrogens with zero attached hydrogens (tertiary/aromatic N) is 1. The van der Waals surface area contributed by atoms with Gasteiger partial charge in [-0.25, -0.2) is 8.42 Å². The fourth-order valence-corrected chi connectivity index (χ4v) is 4.59. The molecule has 1 amide bonds. The summed E-state index contributed by atoms with van der Waals surface area (Å²) >= 11 is 0. The Bertz CT molecular complexity index is 1110. The van der Waals surface area contributed by atoms with E-state index in [0.29, 0.717) is 5.69 Å². The molecular formula is C24H26N2O3S. The zero-order valence-corrected chi connectivity index (χ0v) is 18.2. The number of rotatable bonds is 7. The third kappa shape index (κ3) is 4.89. The third-order valence-corrected chi connectivity index (χ3v) is 6.86. The number of carbonyl (C=O) groups excluding carboxylic acids is 1. The quantitative estimate of drug-likeness (QED) is 0.615. The van der Waals surface area contributed by atoms with Gasteiger partial charge >= 0.3 is 0 Å². The highest BCUT2D eigenvalue weighted by atomic mass is 32.2. The topological polar surface area (TPSA) is 66.5 Å². The zero-order chi connectivity index (χ0) is 21.7. The molecule has 0 aliphatic heterocycles. The lowest BCUT2D eigenvalue weighted by Crippen LogP contribution is -2.41. The van der Waals surface area contributed by atoms with E-state index in [-0.39, 0.29) is 23.4 Å². The van der Waals surface area contributed by atoms with Crippen LogP contribution in [0.2, 0.25) is 0 Å². The first kappa shape index (κ1) is 21.6. The van der Waals surface area contributed by atoms with Gasteiger partial charge in [0.1, 0.15) is 6.54 Å². The van der Waals surface area contributed by atoms with E-state index in [1.165, 1.54) is 16.4 Å². The van der Waals surface area contributed by atoms with Crippen molar-refractivity contribution in [1.82, 2.24) is 5.32 Å². The van der Waals surface area contributed by atoms with Gasteiger partial charge in [-0.3, -0.25) is 9.10 Å². The summed E-state index contributed by atoms with van der Waals surface area (Å²) in [5, 5.41) is 2.90. The van der Waals surface area contributed by atoms with Gasteiger partial charge in [-0.1, -0.05) is 54.6 Å². The molecule has 0 fully saturated rings. The number of hydrogen-bond donors (Lipinski definition) is 1. The summed E-state index contributed by atoms with van der Waals surface area (Å²) in [6.45, 7) is 5.45. The average molecular weight is 423 g/mol. The van der Waals surface area contributed by atoms with Gasteiger partial charge in [0.05, 0.1) is 16.6 Å². The Hall–Kier alpha value is -3.12. The minimum absolute atomic E-state index is 0.145. The van der Waals surface area contributed by atoms with E-state index in [1.807, 2.05) is 57.2 Å². The molecule has 3 aromatic carbocycles. The van der Waals surface area contributed by atoms with Gasteiger partial charge in [-0.15, -0.1) is 0 Å². The lowest BCUT2D eigenvalue weighted by atomic mass is 10.1. The molecule has 0 aliphatic rings. The van der Waals surface area contributed by atoms with Crippen molar-refractivity contribution >= 4 is 21.6 Å². The average Bonchev–Trinajstić information content (AvgIpc) is 2.75. The molecule has 3 rings (SSSR count). The molecule has 0 saturated heterocycles. The van der Waals surface area contributed by atoms with Crippen molar-refractivity contribution in [3.63, 3.8) is 0 Å². The van der Waals surface area contributed by atoms with Crippen molar-refractivity contribution in [3.8, 4) is 0 Å². The van der Waals surface area contributed by atoms with Crippen LogP contribution in [0.3, 0.4) is 0 Å². The second-order valence-electron chi connectivity index (χ2n) is 7.29. The molecule has 0 bridgehead atoms. The maximum Gasteiger partial charge on any atom is 0.264 e. The van der Waals surface area contributed by atoms with Crippen molar-refractivity contribution in [1.29, 1.82) is 0 Å². The molecule has 0 heterocycles. The number of hydrogen-bond acceptors (Lipinski definition) is 3. The van der Waals surface area contributed by atoms with E-state index in [2.05, 4.69) is 5.32 Å². The highest BCUT2D eigenvalue weighted by Crippen LogP contribution is 2.25. The number of anilines is 1. The number of nitrogens with one attached hydrogen (secondary N) is 1. The Morgan fingerprint density at radius 3 is 2.10 bits per heavy atom. The highest BCUT2D eigenvalue weighted by Gasteiger charge is 2.27. The number of benzene rings is 3. The van der Waals surface area contributed by atoms with Gasteiger partial charge in [0.25, 0.3) is 10.0 Å². The van der Waals surface area contributed by atoms with Crippen LogP contribution in [0.25, 0.3) is 0 Å². The van der Waals surface area contributed by atoms with E-state index in [9.17, 15) is 13.2 Å². The van der Waals surface area contributed by atoms with Gasteiger partial charge in [0.2, 0.25) is 5.91 Å². The van der Waals surface area contributed by atoms with Crippen molar-refractivity contribution < 1.29 is 13.2 Å². The fraction of sp³-hybridized carbons (Fsp3) is 0.208. The molecule has 0 unspecified atom stereocenters. The van der Waals surface area contributed by atoms with Crippen LogP contribution in [0.5, 0.6) is 0 Å². The molecule has 0 aliphatic carbocycles. The number of carbonyl (C=O) groups is 1. The molecule has 5 nitrogen and oxygen atoms in total. The van der Waals surface area contributed by atoms with Crippen LogP contribution >= 0.6 is 0 Å². The summed E-state index contributed by atoms with van der Waals surface area (Å²) in [4.78, 5) is 13.0. The standard InChI is InChI=1S/C24H26N2O3S/c1-18-14-15-22(16-19(18)2)26(30(28,29)23-12-8-5-9-13-23)17-24(27)25-20(3)21-10-6-4-7-11-21/h4-16,20H,17H2,1-3H3,(H,25,27)/t20-/m0/s1. The van der Waals surface area contributed by atoms with Gasteiger partial charge < -0.3 is 5.32 Å². The third-order valence-electron chi connectivity index (χ3n) is 5.07. The maximum atomic E-state index is 13.4. The minimum Gasteiger partial charge on any atom is -0.348 e.